The molecule has 0 spiro atoms. The lowest BCUT2D eigenvalue weighted by Crippen LogP contribution is -2.18. The van der Waals surface area contributed by atoms with E-state index < -0.39 is 11.5 Å². The molecule has 0 bridgehead atoms. The highest BCUT2D eigenvalue weighted by molar-refractivity contribution is 6.09. The largest absolute Gasteiger partial charge is 0.493 e. The van der Waals surface area contributed by atoms with Crippen LogP contribution in [0.4, 0.5) is 5.69 Å². The van der Waals surface area contributed by atoms with E-state index >= 15 is 0 Å². The second kappa shape index (κ2) is 7.08. The van der Waals surface area contributed by atoms with Crippen molar-refractivity contribution in [3.05, 3.63) is 76.6 Å². The van der Waals surface area contributed by atoms with Gasteiger partial charge in [0.25, 0.3) is 5.91 Å². The van der Waals surface area contributed by atoms with Gasteiger partial charge in [-0.1, -0.05) is 30.3 Å². The number of carbonyl (C=O) groups excluding carboxylic acids is 1. The minimum absolute atomic E-state index is 0.0728. The van der Waals surface area contributed by atoms with Gasteiger partial charge in [-0.15, -0.1) is 0 Å². The summed E-state index contributed by atoms with van der Waals surface area (Å²) in [5, 5.41) is 5.33. The molecule has 0 unspecified atom stereocenters. The third-order valence-corrected chi connectivity index (χ3v) is 4.54. The number of anilines is 1. The fraction of sp³-hybridized carbons (Fsp3) is 0.0909. The van der Waals surface area contributed by atoms with Crippen LogP contribution in [0.1, 0.15) is 10.4 Å². The summed E-state index contributed by atoms with van der Waals surface area (Å²) in [5.74, 6) is 0.482. The number of methoxy groups -OCH3 is 2. The molecular formula is C22H17NO5. The Morgan fingerprint density at radius 1 is 0.893 bits per heavy atom. The Labute approximate surface area is 160 Å². The molecule has 140 valence electrons. The molecule has 0 aliphatic carbocycles. The number of nitrogens with one attached hydrogen (secondary N) is 1. The zero-order chi connectivity index (χ0) is 19.7. The molecule has 0 saturated heterocycles. The molecule has 0 fully saturated rings. The molecule has 0 aliphatic rings. The van der Waals surface area contributed by atoms with Crippen molar-refractivity contribution in [2.24, 2.45) is 0 Å². The van der Waals surface area contributed by atoms with E-state index in [-0.39, 0.29) is 5.69 Å². The maximum Gasteiger partial charge on any atom is 0.360 e. The van der Waals surface area contributed by atoms with Crippen LogP contribution in [0.15, 0.2) is 69.9 Å². The van der Waals surface area contributed by atoms with Crippen molar-refractivity contribution in [1.82, 2.24) is 0 Å². The SMILES string of the molecule is COc1ccc(C(=O)Nc2cc3c(ccc4ccccc43)oc2=O)cc1OC. The van der Waals surface area contributed by atoms with Gasteiger partial charge in [0.05, 0.1) is 14.2 Å². The summed E-state index contributed by atoms with van der Waals surface area (Å²) in [7, 11) is 3.00. The zero-order valence-corrected chi connectivity index (χ0v) is 15.3. The molecule has 0 aliphatic heterocycles. The van der Waals surface area contributed by atoms with E-state index in [1.54, 1.807) is 30.3 Å². The monoisotopic (exact) mass is 375 g/mol. The average molecular weight is 375 g/mol. The maximum absolute atomic E-state index is 12.6. The molecule has 4 rings (SSSR count). The normalized spacial score (nSPS) is 10.8. The summed E-state index contributed by atoms with van der Waals surface area (Å²) in [6, 6.07) is 17.8. The molecule has 0 radical (unpaired) electrons. The molecule has 1 N–H and O–H groups in total. The fourth-order valence-electron chi connectivity index (χ4n) is 3.13. The smallest absolute Gasteiger partial charge is 0.360 e. The van der Waals surface area contributed by atoms with E-state index in [0.717, 1.165) is 16.2 Å². The average Bonchev–Trinajstić information content (AvgIpc) is 2.73. The van der Waals surface area contributed by atoms with Crippen LogP contribution < -0.4 is 20.4 Å². The van der Waals surface area contributed by atoms with Gasteiger partial charge < -0.3 is 19.2 Å². The van der Waals surface area contributed by atoms with E-state index in [1.165, 1.54) is 14.2 Å². The summed E-state index contributed by atoms with van der Waals surface area (Å²) in [4.78, 5) is 25.0. The van der Waals surface area contributed by atoms with E-state index in [9.17, 15) is 9.59 Å². The standard InChI is InChI=1S/C22H17NO5/c1-26-19-10-8-14(11-20(19)27-2)21(24)23-17-12-16-15-6-4-3-5-13(15)7-9-18(16)28-22(17)25/h3-12H,1-2H3,(H,23,24). The van der Waals surface area contributed by atoms with Crippen molar-refractivity contribution in [1.29, 1.82) is 0 Å². The summed E-state index contributed by atoms with van der Waals surface area (Å²) < 4.78 is 15.8. The molecule has 3 aromatic carbocycles. The predicted octanol–water partition coefficient (Wildman–Crippen LogP) is 4.22. The minimum Gasteiger partial charge on any atom is -0.493 e. The topological polar surface area (TPSA) is 77.8 Å². The van der Waals surface area contributed by atoms with Gasteiger partial charge in [0.15, 0.2) is 11.5 Å². The maximum atomic E-state index is 12.6. The number of ether oxygens (including phenoxy) is 2. The first-order chi connectivity index (χ1) is 13.6. The quantitative estimate of drug-likeness (QED) is 0.427. The second-order valence-electron chi connectivity index (χ2n) is 6.17. The van der Waals surface area contributed by atoms with Gasteiger partial charge in [-0.25, -0.2) is 4.79 Å². The Bertz CT molecular complexity index is 1260. The predicted molar refractivity (Wildman–Crippen MR) is 107 cm³/mol. The first-order valence-corrected chi connectivity index (χ1v) is 8.59. The number of carbonyl (C=O) groups is 1. The zero-order valence-electron chi connectivity index (χ0n) is 15.3. The number of rotatable bonds is 4. The van der Waals surface area contributed by atoms with E-state index in [4.69, 9.17) is 13.9 Å². The molecule has 1 heterocycles. The van der Waals surface area contributed by atoms with Crippen LogP contribution in [0.2, 0.25) is 0 Å². The molecule has 6 nitrogen and oxygen atoms in total. The first kappa shape index (κ1) is 17.6. The summed E-state index contributed by atoms with van der Waals surface area (Å²) in [6.07, 6.45) is 0. The van der Waals surface area contributed by atoms with Crippen LogP contribution >= 0.6 is 0 Å². The Hall–Kier alpha value is -3.80. The van der Waals surface area contributed by atoms with Crippen LogP contribution in [0.25, 0.3) is 21.7 Å². The number of fused-ring (bicyclic) bond motifs is 3. The summed E-state index contributed by atoms with van der Waals surface area (Å²) in [5.41, 5.74) is 0.253. The van der Waals surface area contributed by atoms with Crippen molar-refractivity contribution < 1.29 is 18.7 Å². The number of hydrogen-bond acceptors (Lipinski definition) is 5. The lowest BCUT2D eigenvalue weighted by molar-refractivity contribution is 0.102. The van der Waals surface area contributed by atoms with Crippen LogP contribution in [-0.4, -0.2) is 20.1 Å². The van der Waals surface area contributed by atoms with Crippen LogP contribution in [0.3, 0.4) is 0 Å². The van der Waals surface area contributed by atoms with Crippen molar-refractivity contribution >= 4 is 33.3 Å². The third kappa shape index (κ3) is 3.05. The van der Waals surface area contributed by atoms with Crippen molar-refractivity contribution in [3.63, 3.8) is 0 Å². The Morgan fingerprint density at radius 2 is 1.68 bits per heavy atom. The van der Waals surface area contributed by atoms with Crippen LogP contribution in [0.5, 0.6) is 11.5 Å². The molecular weight excluding hydrogens is 358 g/mol. The Morgan fingerprint density at radius 3 is 2.46 bits per heavy atom. The van der Waals surface area contributed by atoms with Crippen molar-refractivity contribution in [3.8, 4) is 11.5 Å². The molecule has 0 atom stereocenters. The highest BCUT2D eigenvalue weighted by atomic mass is 16.5. The van der Waals surface area contributed by atoms with Gasteiger partial charge in [-0.2, -0.15) is 0 Å². The van der Waals surface area contributed by atoms with Gasteiger partial charge in [0.1, 0.15) is 11.3 Å². The third-order valence-electron chi connectivity index (χ3n) is 4.54. The molecule has 6 heteroatoms. The van der Waals surface area contributed by atoms with Gasteiger partial charge in [0.2, 0.25) is 0 Å². The highest BCUT2D eigenvalue weighted by Gasteiger charge is 2.14. The number of hydrogen-bond donors (Lipinski definition) is 1. The molecule has 4 aromatic rings. The first-order valence-electron chi connectivity index (χ1n) is 8.59. The van der Waals surface area contributed by atoms with E-state index in [2.05, 4.69) is 5.32 Å². The summed E-state index contributed by atoms with van der Waals surface area (Å²) in [6.45, 7) is 0. The fourth-order valence-corrected chi connectivity index (χ4v) is 3.13. The van der Waals surface area contributed by atoms with Gasteiger partial charge >= 0.3 is 5.63 Å². The number of benzene rings is 3. The van der Waals surface area contributed by atoms with Crippen molar-refractivity contribution in [2.45, 2.75) is 0 Å². The Kier molecular flexibility index (Phi) is 4.45. The van der Waals surface area contributed by atoms with Gasteiger partial charge in [-0.3, -0.25) is 4.79 Å². The van der Waals surface area contributed by atoms with Gasteiger partial charge in [0, 0.05) is 10.9 Å². The van der Waals surface area contributed by atoms with Crippen LogP contribution in [0, 0.1) is 0 Å². The van der Waals surface area contributed by atoms with Gasteiger partial charge in [-0.05, 0) is 41.1 Å². The van der Waals surface area contributed by atoms with E-state index in [0.29, 0.717) is 22.6 Å². The lowest BCUT2D eigenvalue weighted by atomic mass is 10.1. The number of amides is 1. The lowest BCUT2D eigenvalue weighted by Gasteiger charge is -2.10. The molecule has 0 saturated carbocycles. The van der Waals surface area contributed by atoms with E-state index in [1.807, 2.05) is 30.3 Å². The Balaban J connectivity index is 1.75. The van der Waals surface area contributed by atoms with Crippen LogP contribution in [-0.2, 0) is 0 Å². The molecule has 1 amide bonds. The van der Waals surface area contributed by atoms with Crippen molar-refractivity contribution in [2.75, 3.05) is 19.5 Å². The molecule has 1 aromatic heterocycles. The molecule has 28 heavy (non-hydrogen) atoms. The minimum atomic E-state index is -0.614. The highest BCUT2D eigenvalue weighted by Crippen LogP contribution is 2.29. The second-order valence-corrected chi connectivity index (χ2v) is 6.17. The summed E-state index contributed by atoms with van der Waals surface area (Å²) >= 11 is 0.